The molecule has 1 N–H and O–H groups in total. The molecule has 1 aliphatic rings. The number of carbonyl (C=O) groups is 2. The standard InChI is InChI=1S/C21H32N2O6S/c1-13-11-23(9-10-28-13)19(24)12-29-20(25)7-8-22-30(26,27)21-17(5)15(3)14(2)16(4)18(21)6/h13,22H,7-12H2,1-6H3. The van der Waals surface area contributed by atoms with Gasteiger partial charge in [0, 0.05) is 19.6 Å². The molecule has 8 nitrogen and oxygen atoms in total. The lowest BCUT2D eigenvalue weighted by molar-refractivity contribution is -0.154. The summed E-state index contributed by atoms with van der Waals surface area (Å²) in [6, 6.07) is 0. The molecule has 9 heteroatoms. The zero-order valence-corrected chi connectivity index (χ0v) is 19.4. The van der Waals surface area contributed by atoms with Crippen LogP contribution in [0.4, 0.5) is 0 Å². The highest BCUT2D eigenvalue weighted by Crippen LogP contribution is 2.29. The summed E-state index contributed by atoms with van der Waals surface area (Å²) >= 11 is 0. The number of morpholine rings is 1. The average molecular weight is 441 g/mol. The first-order valence-corrected chi connectivity index (χ1v) is 11.6. The van der Waals surface area contributed by atoms with Crippen molar-refractivity contribution in [1.29, 1.82) is 0 Å². The van der Waals surface area contributed by atoms with Crippen LogP contribution in [0.3, 0.4) is 0 Å². The van der Waals surface area contributed by atoms with E-state index < -0.39 is 16.0 Å². The number of esters is 1. The summed E-state index contributed by atoms with van der Waals surface area (Å²) in [5, 5.41) is 0. The fourth-order valence-electron chi connectivity index (χ4n) is 3.58. The number of nitrogens with zero attached hydrogens (tertiary/aromatic N) is 1. The molecule has 1 atom stereocenters. The summed E-state index contributed by atoms with van der Waals surface area (Å²) in [6.07, 6.45) is -0.206. The third kappa shape index (κ3) is 5.59. The number of amides is 1. The normalized spacial score (nSPS) is 17.1. The van der Waals surface area contributed by atoms with Gasteiger partial charge in [-0.2, -0.15) is 0 Å². The van der Waals surface area contributed by atoms with Gasteiger partial charge in [0.15, 0.2) is 6.61 Å². The van der Waals surface area contributed by atoms with E-state index in [0.29, 0.717) is 30.8 Å². The zero-order chi connectivity index (χ0) is 22.6. The topological polar surface area (TPSA) is 102 Å². The molecule has 30 heavy (non-hydrogen) atoms. The van der Waals surface area contributed by atoms with E-state index in [2.05, 4.69) is 4.72 Å². The Kier molecular flexibility index (Phi) is 8.01. The van der Waals surface area contributed by atoms with Crippen molar-refractivity contribution >= 4 is 21.9 Å². The number of hydrogen-bond acceptors (Lipinski definition) is 6. The SMILES string of the molecule is Cc1c(C)c(C)c(S(=O)(=O)NCCC(=O)OCC(=O)N2CCOC(C)C2)c(C)c1C. The molecule has 168 valence electrons. The molecule has 1 unspecified atom stereocenters. The second kappa shape index (κ2) is 9.89. The molecular weight excluding hydrogens is 408 g/mol. The molecule has 0 saturated carbocycles. The van der Waals surface area contributed by atoms with Crippen molar-refractivity contribution in [2.24, 2.45) is 0 Å². The first kappa shape index (κ1) is 24.3. The first-order valence-electron chi connectivity index (χ1n) is 10.1. The maximum absolute atomic E-state index is 12.8. The molecule has 1 fully saturated rings. The lowest BCUT2D eigenvalue weighted by atomic mass is 9.95. The third-order valence-corrected chi connectivity index (χ3v) is 7.51. The minimum absolute atomic E-state index is 0.0474. The number of rotatable bonds is 7. The molecule has 0 spiro atoms. The van der Waals surface area contributed by atoms with Crippen LogP contribution in [0.2, 0.25) is 0 Å². The predicted octanol–water partition coefficient (Wildman–Crippen LogP) is 1.69. The van der Waals surface area contributed by atoms with Gasteiger partial charge in [-0.1, -0.05) is 0 Å². The van der Waals surface area contributed by atoms with Crippen LogP contribution in [0.5, 0.6) is 0 Å². The second-order valence-electron chi connectivity index (χ2n) is 7.78. The molecule has 1 aliphatic heterocycles. The van der Waals surface area contributed by atoms with Crippen LogP contribution < -0.4 is 4.72 Å². The van der Waals surface area contributed by atoms with Gasteiger partial charge in [-0.05, 0) is 69.4 Å². The van der Waals surface area contributed by atoms with Crippen LogP contribution in [0.1, 0.15) is 41.2 Å². The molecule has 1 saturated heterocycles. The van der Waals surface area contributed by atoms with Gasteiger partial charge in [-0.3, -0.25) is 9.59 Å². The number of nitrogens with one attached hydrogen (secondary N) is 1. The fourth-order valence-corrected chi connectivity index (χ4v) is 5.21. The smallest absolute Gasteiger partial charge is 0.307 e. The Balaban J connectivity index is 1.90. The quantitative estimate of drug-likeness (QED) is 0.648. The van der Waals surface area contributed by atoms with Crippen molar-refractivity contribution in [2.45, 2.75) is 59.0 Å². The van der Waals surface area contributed by atoms with Crippen molar-refractivity contribution in [3.8, 4) is 0 Å². The summed E-state index contributed by atoms with van der Waals surface area (Å²) in [7, 11) is -3.78. The lowest BCUT2D eigenvalue weighted by Gasteiger charge is -2.30. The van der Waals surface area contributed by atoms with E-state index in [0.717, 1.165) is 16.7 Å². The molecule has 1 heterocycles. The van der Waals surface area contributed by atoms with Crippen LogP contribution in [0, 0.1) is 34.6 Å². The Morgan fingerprint density at radius 2 is 1.63 bits per heavy atom. The lowest BCUT2D eigenvalue weighted by Crippen LogP contribution is -2.46. The Labute approximate surface area is 179 Å². The van der Waals surface area contributed by atoms with Gasteiger partial charge in [-0.15, -0.1) is 0 Å². The third-order valence-electron chi connectivity index (χ3n) is 5.77. The first-order chi connectivity index (χ1) is 14.0. The monoisotopic (exact) mass is 440 g/mol. The van der Waals surface area contributed by atoms with E-state index in [1.807, 2.05) is 27.7 Å². The van der Waals surface area contributed by atoms with Gasteiger partial charge in [0.2, 0.25) is 10.0 Å². The molecule has 0 radical (unpaired) electrons. The van der Waals surface area contributed by atoms with Gasteiger partial charge in [0.05, 0.1) is 24.0 Å². The van der Waals surface area contributed by atoms with E-state index in [9.17, 15) is 18.0 Å². The highest BCUT2D eigenvalue weighted by atomic mass is 32.2. The van der Waals surface area contributed by atoms with Gasteiger partial charge in [0.25, 0.3) is 5.91 Å². The average Bonchev–Trinajstić information content (AvgIpc) is 2.68. The minimum atomic E-state index is -3.78. The molecule has 2 rings (SSSR count). The number of carbonyl (C=O) groups excluding carboxylic acids is 2. The molecule has 1 aromatic carbocycles. The Morgan fingerprint density at radius 3 is 2.20 bits per heavy atom. The number of benzene rings is 1. The minimum Gasteiger partial charge on any atom is -0.456 e. The second-order valence-corrected chi connectivity index (χ2v) is 9.49. The van der Waals surface area contributed by atoms with Crippen LogP contribution in [0.15, 0.2) is 4.90 Å². The maximum atomic E-state index is 12.8. The number of hydrogen-bond donors (Lipinski definition) is 1. The highest BCUT2D eigenvalue weighted by Gasteiger charge is 2.24. The van der Waals surface area contributed by atoms with E-state index in [1.165, 1.54) is 0 Å². The maximum Gasteiger partial charge on any atom is 0.307 e. The molecule has 1 aromatic rings. The largest absolute Gasteiger partial charge is 0.456 e. The van der Waals surface area contributed by atoms with Gasteiger partial charge in [-0.25, -0.2) is 13.1 Å². The summed E-state index contributed by atoms with van der Waals surface area (Å²) in [6.45, 7) is 12.2. The molecule has 1 amide bonds. The summed E-state index contributed by atoms with van der Waals surface area (Å²) in [4.78, 5) is 25.9. The zero-order valence-electron chi connectivity index (χ0n) is 18.6. The van der Waals surface area contributed by atoms with Gasteiger partial charge in [0.1, 0.15) is 0 Å². The van der Waals surface area contributed by atoms with Crippen molar-refractivity contribution in [3.05, 3.63) is 27.8 Å². The number of ether oxygens (including phenoxy) is 2. The summed E-state index contributed by atoms with van der Waals surface area (Å²) in [5.74, 6) is -0.909. The van der Waals surface area contributed by atoms with E-state index in [1.54, 1.807) is 18.7 Å². The molecule has 0 aliphatic carbocycles. The summed E-state index contributed by atoms with van der Waals surface area (Å²) in [5.41, 5.74) is 4.36. The molecule has 0 aromatic heterocycles. The number of sulfonamides is 1. The van der Waals surface area contributed by atoms with E-state index >= 15 is 0 Å². The molecule has 0 bridgehead atoms. The van der Waals surface area contributed by atoms with Gasteiger partial charge >= 0.3 is 5.97 Å². The predicted molar refractivity (Wildman–Crippen MR) is 113 cm³/mol. The van der Waals surface area contributed by atoms with Gasteiger partial charge < -0.3 is 14.4 Å². The van der Waals surface area contributed by atoms with E-state index in [4.69, 9.17) is 9.47 Å². The van der Waals surface area contributed by atoms with Crippen LogP contribution in [-0.4, -0.2) is 64.1 Å². The van der Waals surface area contributed by atoms with Crippen molar-refractivity contribution < 1.29 is 27.5 Å². The Morgan fingerprint density at radius 1 is 1.07 bits per heavy atom. The fraction of sp³-hybridized carbons (Fsp3) is 0.619. The van der Waals surface area contributed by atoms with Crippen LogP contribution in [0.25, 0.3) is 0 Å². The Hall–Kier alpha value is -1.97. The van der Waals surface area contributed by atoms with Crippen LogP contribution >= 0.6 is 0 Å². The van der Waals surface area contributed by atoms with E-state index in [-0.39, 0.29) is 36.5 Å². The highest BCUT2D eigenvalue weighted by molar-refractivity contribution is 7.89. The van der Waals surface area contributed by atoms with Crippen LogP contribution in [-0.2, 0) is 29.1 Å². The van der Waals surface area contributed by atoms with Crippen molar-refractivity contribution in [3.63, 3.8) is 0 Å². The summed E-state index contributed by atoms with van der Waals surface area (Å²) < 4.78 is 38.5. The Bertz CT molecular complexity index is 897. The van der Waals surface area contributed by atoms with Crippen molar-refractivity contribution in [1.82, 2.24) is 9.62 Å². The van der Waals surface area contributed by atoms with Crippen molar-refractivity contribution in [2.75, 3.05) is 32.8 Å². The molecular formula is C21H32N2O6S.